The Labute approximate surface area is 142 Å². The SMILES string of the molecule is CC1=NC2=C(C1)C[C@@H]1C[C@H]2CCN1C(=O)c1ccc2c(c1)CC=N2. The van der Waals surface area contributed by atoms with E-state index in [4.69, 9.17) is 4.99 Å². The van der Waals surface area contributed by atoms with E-state index in [0.29, 0.717) is 12.0 Å². The average Bonchev–Trinajstić information content (AvgIpc) is 3.19. The first kappa shape index (κ1) is 14.1. The number of amides is 1. The molecular formula is C20H21N3O. The highest BCUT2D eigenvalue weighted by molar-refractivity contribution is 5.96. The van der Waals surface area contributed by atoms with E-state index in [9.17, 15) is 4.79 Å². The van der Waals surface area contributed by atoms with Crippen molar-refractivity contribution in [2.75, 3.05) is 6.54 Å². The van der Waals surface area contributed by atoms with Crippen molar-refractivity contribution in [3.63, 3.8) is 0 Å². The lowest BCUT2D eigenvalue weighted by molar-refractivity contribution is 0.0549. The van der Waals surface area contributed by atoms with Crippen molar-refractivity contribution >= 4 is 23.5 Å². The van der Waals surface area contributed by atoms with Gasteiger partial charge in [-0.2, -0.15) is 0 Å². The molecule has 0 N–H and O–H groups in total. The molecule has 1 saturated heterocycles. The van der Waals surface area contributed by atoms with E-state index < -0.39 is 0 Å². The fourth-order valence-corrected chi connectivity index (χ4v) is 4.74. The summed E-state index contributed by atoms with van der Waals surface area (Å²) in [7, 11) is 0. The second-order valence-corrected chi connectivity index (χ2v) is 7.45. The van der Waals surface area contributed by atoms with Crippen molar-refractivity contribution in [2.45, 2.75) is 45.1 Å². The predicted octanol–water partition coefficient (Wildman–Crippen LogP) is 3.69. The summed E-state index contributed by atoms with van der Waals surface area (Å²) in [5.74, 6) is 0.751. The molecule has 4 aliphatic rings. The number of fused-ring (bicyclic) bond motifs is 4. The zero-order valence-electron chi connectivity index (χ0n) is 14.0. The van der Waals surface area contributed by atoms with Crippen molar-refractivity contribution in [1.29, 1.82) is 0 Å². The van der Waals surface area contributed by atoms with E-state index in [2.05, 4.69) is 16.8 Å². The number of nitrogens with zero attached hydrogens (tertiary/aromatic N) is 3. The Hall–Kier alpha value is -2.23. The minimum absolute atomic E-state index is 0.188. The van der Waals surface area contributed by atoms with Crippen LogP contribution in [-0.2, 0) is 6.42 Å². The van der Waals surface area contributed by atoms with Gasteiger partial charge in [0.15, 0.2) is 0 Å². The van der Waals surface area contributed by atoms with E-state index >= 15 is 0 Å². The van der Waals surface area contributed by atoms with Gasteiger partial charge in [-0.3, -0.25) is 14.8 Å². The second kappa shape index (κ2) is 5.13. The zero-order valence-corrected chi connectivity index (χ0v) is 14.0. The number of hydrogen-bond donors (Lipinski definition) is 0. The van der Waals surface area contributed by atoms with Crippen molar-refractivity contribution in [1.82, 2.24) is 4.90 Å². The third kappa shape index (κ3) is 2.09. The fourth-order valence-electron chi connectivity index (χ4n) is 4.74. The van der Waals surface area contributed by atoms with Crippen LogP contribution in [0.25, 0.3) is 0 Å². The van der Waals surface area contributed by atoms with Gasteiger partial charge in [0.1, 0.15) is 0 Å². The Morgan fingerprint density at radius 1 is 1.33 bits per heavy atom. The maximum absolute atomic E-state index is 13.1. The van der Waals surface area contributed by atoms with Crippen LogP contribution in [0.5, 0.6) is 0 Å². The van der Waals surface area contributed by atoms with Crippen LogP contribution in [0.1, 0.15) is 48.5 Å². The predicted molar refractivity (Wildman–Crippen MR) is 95.2 cm³/mol. The number of aliphatic imine (C=N–C) groups is 2. The van der Waals surface area contributed by atoms with Gasteiger partial charge in [0, 0.05) is 54.5 Å². The number of piperidine rings is 1. The maximum Gasteiger partial charge on any atom is 0.254 e. The third-order valence-corrected chi connectivity index (χ3v) is 5.86. The van der Waals surface area contributed by atoms with Crippen LogP contribution in [0.4, 0.5) is 5.69 Å². The van der Waals surface area contributed by atoms with Crippen molar-refractivity contribution in [3.05, 3.63) is 40.6 Å². The molecule has 0 unspecified atom stereocenters. The van der Waals surface area contributed by atoms with Crippen LogP contribution < -0.4 is 0 Å². The number of carbonyl (C=O) groups is 1. The summed E-state index contributed by atoms with van der Waals surface area (Å²) in [4.78, 5) is 24.3. The lowest BCUT2D eigenvalue weighted by Gasteiger charge is -2.43. The van der Waals surface area contributed by atoms with Gasteiger partial charge < -0.3 is 4.90 Å². The largest absolute Gasteiger partial charge is 0.335 e. The zero-order chi connectivity index (χ0) is 16.3. The lowest BCUT2D eigenvalue weighted by atomic mass is 9.78. The van der Waals surface area contributed by atoms with Gasteiger partial charge in [0.25, 0.3) is 5.91 Å². The number of benzene rings is 1. The molecule has 0 spiro atoms. The van der Waals surface area contributed by atoms with Crippen LogP contribution >= 0.6 is 0 Å². The van der Waals surface area contributed by atoms with Gasteiger partial charge in [0.05, 0.1) is 5.69 Å². The molecule has 0 radical (unpaired) electrons. The summed E-state index contributed by atoms with van der Waals surface area (Å²) >= 11 is 0. The molecule has 2 bridgehead atoms. The molecule has 1 fully saturated rings. The molecule has 1 aromatic rings. The second-order valence-electron chi connectivity index (χ2n) is 7.45. The van der Waals surface area contributed by atoms with Crippen LogP contribution in [0.2, 0.25) is 0 Å². The maximum atomic E-state index is 13.1. The molecule has 4 heteroatoms. The minimum Gasteiger partial charge on any atom is -0.335 e. The molecule has 4 nitrogen and oxygen atoms in total. The van der Waals surface area contributed by atoms with Crippen molar-refractivity contribution in [3.8, 4) is 0 Å². The smallest absolute Gasteiger partial charge is 0.254 e. The number of hydrogen-bond acceptors (Lipinski definition) is 3. The normalized spacial score (nSPS) is 27.2. The van der Waals surface area contributed by atoms with Gasteiger partial charge in [-0.05, 0) is 55.5 Å². The number of likely N-dealkylation sites (tertiary alicyclic amines) is 1. The molecule has 24 heavy (non-hydrogen) atoms. The molecule has 2 atom stereocenters. The van der Waals surface area contributed by atoms with Gasteiger partial charge in [-0.25, -0.2) is 0 Å². The molecule has 122 valence electrons. The Morgan fingerprint density at radius 3 is 3.17 bits per heavy atom. The first-order chi connectivity index (χ1) is 11.7. The van der Waals surface area contributed by atoms with Crippen molar-refractivity contribution in [2.24, 2.45) is 15.9 Å². The molecule has 3 heterocycles. The van der Waals surface area contributed by atoms with Gasteiger partial charge in [-0.1, -0.05) is 0 Å². The average molecular weight is 319 g/mol. The van der Waals surface area contributed by atoms with Gasteiger partial charge in [-0.15, -0.1) is 0 Å². The molecule has 0 aromatic heterocycles. The van der Waals surface area contributed by atoms with Crippen LogP contribution in [0.15, 0.2) is 39.5 Å². The van der Waals surface area contributed by atoms with E-state index in [-0.39, 0.29) is 5.91 Å². The highest BCUT2D eigenvalue weighted by Gasteiger charge is 2.40. The van der Waals surface area contributed by atoms with E-state index in [1.54, 1.807) is 0 Å². The highest BCUT2D eigenvalue weighted by atomic mass is 16.2. The first-order valence-electron chi connectivity index (χ1n) is 8.91. The van der Waals surface area contributed by atoms with Gasteiger partial charge in [0.2, 0.25) is 0 Å². The fraction of sp³-hybridized carbons (Fsp3) is 0.450. The Kier molecular flexibility index (Phi) is 3.02. The monoisotopic (exact) mass is 319 g/mol. The Balaban J connectivity index is 1.40. The van der Waals surface area contributed by atoms with Gasteiger partial charge >= 0.3 is 0 Å². The van der Waals surface area contributed by atoms with E-state index in [1.165, 1.54) is 22.5 Å². The molecule has 3 aliphatic heterocycles. The van der Waals surface area contributed by atoms with Crippen LogP contribution in [0, 0.1) is 5.92 Å². The molecule has 1 aromatic carbocycles. The standard InChI is InChI=1S/C20H21N3O/c1-12-8-16-11-17-10-14(19(16)22-12)5-7-23(17)20(24)15-2-3-18-13(9-15)4-6-21-18/h2-3,6,9,14,17H,4-5,7-8,10-11H2,1H3/t14-,17+/m1/s1. The number of rotatable bonds is 1. The molecule has 0 saturated carbocycles. The molecule has 1 amide bonds. The summed E-state index contributed by atoms with van der Waals surface area (Å²) < 4.78 is 0. The minimum atomic E-state index is 0.188. The molecule has 1 aliphatic carbocycles. The summed E-state index contributed by atoms with van der Waals surface area (Å²) in [6, 6.07) is 6.30. The van der Waals surface area contributed by atoms with E-state index in [0.717, 1.165) is 49.9 Å². The summed E-state index contributed by atoms with van der Waals surface area (Å²) in [6.45, 7) is 2.98. The Morgan fingerprint density at radius 2 is 2.25 bits per heavy atom. The Bertz CT molecular complexity index is 833. The number of allylic oxidation sites excluding steroid dienone is 1. The summed E-state index contributed by atoms with van der Waals surface area (Å²) in [5, 5.41) is 0. The van der Waals surface area contributed by atoms with Crippen LogP contribution in [-0.4, -0.2) is 35.3 Å². The number of carbonyl (C=O) groups excluding carboxylic acids is 1. The van der Waals surface area contributed by atoms with Crippen LogP contribution in [0.3, 0.4) is 0 Å². The topological polar surface area (TPSA) is 45.0 Å². The quantitative estimate of drug-likeness (QED) is 0.778. The lowest BCUT2D eigenvalue weighted by Crippen LogP contribution is -2.48. The van der Waals surface area contributed by atoms with E-state index in [1.807, 2.05) is 24.4 Å². The summed E-state index contributed by atoms with van der Waals surface area (Å²) in [6.07, 6.45) is 6.91. The first-order valence-corrected chi connectivity index (χ1v) is 8.91. The molecule has 5 rings (SSSR count). The summed E-state index contributed by atoms with van der Waals surface area (Å²) in [5.41, 5.74) is 7.07. The van der Waals surface area contributed by atoms with Crippen molar-refractivity contribution < 1.29 is 4.79 Å². The highest BCUT2D eigenvalue weighted by Crippen LogP contribution is 2.43. The molecular weight excluding hydrogens is 298 g/mol. The third-order valence-electron chi connectivity index (χ3n) is 5.86.